The van der Waals surface area contributed by atoms with Crippen LogP contribution in [-0.4, -0.2) is 87.5 Å². The molecule has 0 bridgehead atoms. The van der Waals surface area contributed by atoms with Gasteiger partial charge in [-0.25, -0.2) is 0 Å². The van der Waals surface area contributed by atoms with Gasteiger partial charge in [-0.1, -0.05) is 309 Å². The first-order chi connectivity index (χ1) is 34.3. The number of carbonyl (C=O) groups excluding carboxylic acids is 1. The molecule has 0 spiro atoms. The van der Waals surface area contributed by atoms with Crippen LogP contribution in [0.25, 0.3) is 0 Å². The summed E-state index contributed by atoms with van der Waals surface area (Å²) in [5, 5.41) is 54.8. The number of hydrogen-bond acceptors (Lipinski definition) is 8. The lowest BCUT2D eigenvalue weighted by Crippen LogP contribution is -2.60. The van der Waals surface area contributed by atoms with Crippen LogP contribution in [0.1, 0.15) is 328 Å². The highest BCUT2D eigenvalue weighted by atomic mass is 16.7. The van der Waals surface area contributed by atoms with E-state index in [0.29, 0.717) is 12.8 Å². The molecule has 1 heterocycles. The molecule has 70 heavy (non-hydrogen) atoms. The zero-order valence-corrected chi connectivity index (χ0v) is 46.6. The highest BCUT2D eigenvalue weighted by Gasteiger charge is 2.44. The number of unbranched alkanes of at least 4 members (excludes halogenated alkanes) is 45. The molecule has 1 aliphatic rings. The summed E-state index contributed by atoms with van der Waals surface area (Å²) in [5.74, 6) is -0.135. The SMILES string of the molecule is CCCCCCCCCCCCCCCCCCCCCCCCCCCCCC(O)C(COC1OC(CO)C(O)C(O)C1O)NC(=O)CCCCCCCCCCCCCCCCCCCCCC. The van der Waals surface area contributed by atoms with Crippen molar-refractivity contribution >= 4 is 5.91 Å². The monoisotopic (exact) mass is 996 g/mol. The van der Waals surface area contributed by atoms with E-state index in [-0.39, 0.29) is 12.5 Å². The van der Waals surface area contributed by atoms with Crippen molar-refractivity contribution in [2.24, 2.45) is 0 Å². The molecule has 7 atom stereocenters. The summed E-state index contributed by atoms with van der Waals surface area (Å²) in [6.45, 7) is 3.90. The maximum Gasteiger partial charge on any atom is 0.220 e. The highest BCUT2D eigenvalue weighted by molar-refractivity contribution is 5.76. The van der Waals surface area contributed by atoms with Crippen LogP contribution in [0.4, 0.5) is 0 Å². The molecule has 0 saturated carbocycles. The number of aliphatic hydroxyl groups is 5. The summed E-state index contributed by atoms with van der Waals surface area (Å²) < 4.78 is 11.3. The molecule has 0 aromatic rings. The molecule has 0 aliphatic carbocycles. The van der Waals surface area contributed by atoms with Crippen LogP contribution in [-0.2, 0) is 14.3 Å². The average molecular weight is 997 g/mol. The average Bonchev–Trinajstić information content (AvgIpc) is 3.36. The minimum atomic E-state index is -1.55. The molecule has 1 rings (SSSR count). The maximum absolute atomic E-state index is 13.1. The van der Waals surface area contributed by atoms with Gasteiger partial charge in [0.25, 0.3) is 0 Å². The van der Waals surface area contributed by atoms with E-state index >= 15 is 0 Å². The molecule has 418 valence electrons. The Hall–Kier alpha value is -0.810. The van der Waals surface area contributed by atoms with Gasteiger partial charge in [0.05, 0.1) is 25.4 Å². The number of ether oxygens (including phenoxy) is 2. The third kappa shape index (κ3) is 40.6. The molecule has 1 fully saturated rings. The van der Waals surface area contributed by atoms with Crippen LogP contribution >= 0.6 is 0 Å². The van der Waals surface area contributed by atoms with Crippen LogP contribution in [0.15, 0.2) is 0 Å². The fraction of sp³-hybridized carbons (Fsp3) is 0.984. The minimum absolute atomic E-state index is 0.131. The van der Waals surface area contributed by atoms with Gasteiger partial charge < -0.3 is 40.3 Å². The second-order valence-corrected chi connectivity index (χ2v) is 22.2. The third-order valence-electron chi connectivity index (χ3n) is 15.5. The topological polar surface area (TPSA) is 149 Å². The maximum atomic E-state index is 13.1. The Labute approximate surface area is 434 Å². The van der Waals surface area contributed by atoms with E-state index < -0.39 is 49.5 Å². The first-order valence-electron chi connectivity index (χ1n) is 31.2. The van der Waals surface area contributed by atoms with E-state index in [4.69, 9.17) is 9.47 Å². The van der Waals surface area contributed by atoms with E-state index in [1.165, 1.54) is 263 Å². The molecule has 0 aromatic carbocycles. The van der Waals surface area contributed by atoms with Gasteiger partial charge in [-0.2, -0.15) is 0 Å². The molecule has 9 heteroatoms. The molecule has 1 saturated heterocycles. The number of nitrogens with one attached hydrogen (secondary N) is 1. The predicted octanol–water partition coefficient (Wildman–Crippen LogP) is 15.8. The molecular formula is C61H121NO8. The van der Waals surface area contributed by atoms with E-state index in [0.717, 1.165) is 38.5 Å². The van der Waals surface area contributed by atoms with Gasteiger partial charge in [-0.15, -0.1) is 0 Å². The van der Waals surface area contributed by atoms with Crippen LogP contribution < -0.4 is 5.32 Å². The molecule has 9 nitrogen and oxygen atoms in total. The summed E-state index contributed by atoms with van der Waals surface area (Å²) >= 11 is 0. The van der Waals surface area contributed by atoms with Gasteiger partial charge in [0.2, 0.25) is 5.91 Å². The molecule has 1 amide bonds. The summed E-state index contributed by atoms with van der Waals surface area (Å²) in [5.41, 5.74) is 0. The summed E-state index contributed by atoms with van der Waals surface area (Å²) in [4.78, 5) is 13.1. The van der Waals surface area contributed by atoms with Gasteiger partial charge in [0.1, 0.15) is 24.4 Å². The van der Waals surface area contributed by atoms with Crippen molar-refractivity contribution in [2.75, 3.05) is 13.2 Å². The van der Waals surface area contributed by atoms with E-state index in [1.54, 1.807) is 0 Å². The lowest BCUT2D eigenvalue weighted by molar-refractivity contribution is -0.302. The normalized spacial score (nSPS) is 19.2. The van der Waals surface area contributed by atoms with Crippen LogP contribution in [0, 0.1) is 0 Å². The Morgan fingerprint density at radius 2 is 0.714 bits per heavy atom. The molecule has 0 aromatic heterocycles. The van der Waals surface area contributed by atoms with Gasteiger partial charge in [0.15, 0.2) is 6.29 Å². The largest absolute Gasteiger partial charge is 0.394 e. The van der Waals surface area contributed by atoms with Crippen molar-refractivity contribution in [3.63, 3.8) is 0 Å². The lowest BCUT2D eigenvalue weighted by atomic mass is 9.99. The Morgan fingerprint density at radius 3 is 1.01 bits per heavy atom. The van der Waals surface area contributed by atoms with E-state index in [2.05, 4.69) is 19.2 Å². The Bertz CT molecular complexity index is 1060. The number of hydrogen-bond donors (Lipinski definition) is 6. The number of aliphatic hydroxyl groups excluding tert-OH is 5. The molecule has 1 aliphatic heterocycles. The van der Waals surface area contributed by atoms with Crippen molar-refractivity contribution in [1.82, 2.24) is 5.32 Å². The predicted molar refractivity (Wildman–Crippen MR) is 295 cm³/mol. The number of rotatable bonds is 55. The summed E-state index contributed by atoms with van der Waals surface area (Å²) in [6.07, 6.45) is 55.7. The van der Waals surface area contributed by atoms with Crippen molar-refractivity contribution in [2.45, 2.75) is 371 Å². The van der Waals surface area contributed by atoms with E-state index in [1.807, 2.05) is 0 Å². The van der Waals surface area contributed by atoms with Gasteiger partial charge in [0, 0.05) is 6.42 Å². The second kappa shape index (κ2) is 51.7. The quantitative estimate of drug-likeness (QED) is 0.0330. The summed E-state index contributed by atoms with van der Waals surface area (Å²) in [6, 6.07) is -0.714. The molecule has 7 unspecified atom stereocenters. The standard InChI is InChI=1S/C61H121NO8/c1-3-5-7-9-11-13-15-17-19-21-23-25-26-27-28-29-30-31-32-34-36-38-40-42-44-46-48-50-55(64)54(53-69-61-60(68)59(67)58(66)56(52-63)70-61)62-57(65)51-49-47-45-43-41-39-37-35-33-24-22-20-18-16-14-12-10-8-6-4-2/h54-56,58-61,63-64,66-68H,3-53H2,1-2H3,(H,62,65). The fourth-order valence-electron chi connectivity index (χ4n) is 10.5. The highest BCUT2D eigenvalue weighted by Crippen LogP contribution is 2.24. The molecule has 6 N–H and O–H groups in total. The Balaban J connectivity index is 2.15. The third-order valence-corrected chi connectivity index (χ3v) is 15.5. The Kier molecular flexibility index (Phi) is 49.6. The lowest BCUT2D eigenvalue weighted by Gasteiger charge is -2.40. The van der Waals surface area contributed by atoms with Crippen molar-refractivity contribution < 1.29 is 39.8 Å². The smallest absolute Gasteiger partial charge is 0.220 e. The molecular weight excluding hydrogens is 875 g/mol. The zero-order chi connectivity index (χ0) is 50.8. The molecule has 0 radical (unpaired) electrons. The van der Waals surface area contributed by atoms with E-state index in [9.17, 15) is 30.3 Å². The van der Waals surface area contributed by atoms with Gasteiger partial charge in [-0.05, 0) is 12.8 Å². The number of carbonyl (C=O) groups is 1. The van der Waals surface area contributed by atoms with Crippen LogP contribution in [0.5, 0.6) is 0 Å². The first-order valence-corrected chi connectivity index (χ1v) is 31.2. The second-order valence-electron chi connectivity index (χ2n) is 22.2. The van der Waals surface area contributed by atoms with Crippen LogP contribution in [0.3, 0.4) is 0 Å². The summed E-state index contributed by atoms with van der Waals surface area (Å²) in [7, 11) is 0. The van der Waals surface area contributed by atoms with Gasteiger partial charge in [-0.3, -0.25) is 4.79 Å². The minimum Gasteiger partial charge on any atom is -0.394 e. The fourth-order valence-corrected chi connectivity index (χ4v) is 10.5. The van der Waals surface area contributed by atoms with Crippen molar-refractivity contribution in [3.8, 4) is 0 Å². The first kappa shape index (κ1) is 67.2. The van der Waals surface area contributed by atoms with Crippen molar-refractivity contribution in [3.05, 3.63) is 0 Å². The van der Waals surface area contributed by atoms with Gasteiger partial charge >= 0.3 is 0 Å². The Morgan fingerprint density at radius 1 is 0.429 bits per heavy atom. The number of amides is 1. The van der Waals surface area contributed by atoms with Crippen molar-refractivity contribution in [1.29, 1.82) is 0 Å². The zero-order valence-electron chi connectivity index (χ0n) is 46.6. The van der Waals surface area contributed by atoms with Crippen LogP contribution in [0.2, 0.25) is 0 Å².